The molecule has 0 atom stereocenters. The van der Waals surface area contributed by atoms with Crippen molar-refractivity contribution in [3.8, 4) is 39.5 Å². The first kappa shape index (κ1) is 63.0. The Morgan fingerprint density at radius 3 is 1.27 bits per heavy atom. The number of aromatic nitrogens is 14. The van der Waals surface area contributed by atoms with Crippen LogP contribution in [0.4, 0.5) is 17.8 Å². The average Bonchev–Trinajstić information content (AvgIpc) is 1.59. The summed E-state index contributed by atoms with van der Waals surface area (Å²) < 4.78 is 17.7. The smallest absolute Gasteiger partial charge is 0.267 e. The van der Waals surface area contributed by atoms with Gasteiger partial charge in [0.1, 0.15) is 5.75 Å². The van der Waals surface area contributed by atoms with Crippen molar-refractivity contribution in [2.75, 3.05) is 23.1 Å². The number of hydrogen-bond donors (Lipinski definition) is 3. The number of aryl methyl sites for hydroxylation is 3. The van der Waals surface area contributed by atoms with E-state index in [2.05, 4.69) is 64.5 Å². The van der Waals surface area contributed by atoms with E-state index >= 15 is 0 Å². The molecule has 3 aliphatic rings. The second-order valence-corrected chi connectivity index (χ2v) is 24.9. The molecule has 500 valence electrons. The first-order valence-electron chi connectivity index (χ1n) is 32.9. The van der Waals surface area contributed by atoms with Gasteiger partial charge in [0.05, 0.1) is 103 Å². The predicted molar refractivity (Wildman–Crippen MR) is 387 cm³/mol. The molecular weight excluding hydrogens is 1290 g/mol. The van der Waals surface area contributed by atoms with Gasteiger partial charge >= 0.3 is 0 Å². The first-order chi connectivity index (χ1) is 49.8. The van der Waals surface area contributed by atoms with E-state index in [1.165, 1.54) is 26.2 Å². The van der Waals surface area contributed by atoms with Gasteiger partial charge in [-0.3, -0.25) is 49.4 Å². The Bertz CT molecular complexity index is 6050. The van der Waals surface area contributed by atoms with Crippen LogP contribution in [-0.2, 0) is 45.8 Å². The van der Waals surface area contributed by atoms with Crippen LogP contribution in [0.25, 0.3) is 66.9 Å². The lowest BCUT2D eigenvalue weighted by Gasteiger charge is -2.14. The number of nitrogens with zero attached hydrogens (tertiary/aromatic N) is 14. The molecule has 8 aromatic carbocycles. The van der Waals surface area contributed by atoms with Crippen molar-refractivity contribution in [2.45, 2.75) is 52.7 Å². The molecule has 15 aromatic rings. The van der Waals surface area contributed by atoms with Crippen LogP contribution >= 0.6 is 0 Å². The van der Waals surface area contributed by atoms with Crippen LogP contribution in [-0.4, -0.2) is 92.6 Å². The van der Waals surface area contributed by atoms with Crippen LogP contribution in [0, 0.1) is 6.92 Å². The number of methoxy groups -OCH3 is 1. The third-order valence-corrected chi connectivity index (χ3v) is 18.1. The molecule has 0 saturated heterocycles. The fourth-order valence-corrected chi connectivity index (χ4v) is 12.9. The molecule has 18 rings (SSSR count). The summed E-state index contributed by atoms with van der Waals surface area (Å²) in [7, 11) is 1.61. The molecule has 18 bridgehead atoms. The highest BCUT2D eigenvalue weighted by atomic mass is 16.5. The van der Waals surface area contributed by atoms with Crippen LogP contribution in [0.15, 0.2) is 245 Å². The van der Waals surface area contributed by atoms with Crippen molar-refractivity contribution in [3.05, 3.63) is 312 Å². The minimum Gasteiger partial charge on any atom is -0.496 e. The maximum atomic E-state index is 13.2. The molecule has 7 aromatic heterocycles. The van der Waals surface area contributed by atoms with Crippen molar-refractivity contribution < 1.29 is 19.1 Å². The summed E-state index contributed by atoms with van der Waals surface area (Å²) in [6.45, 7) is 4.89. The van der Waals surface area contributed by atoms with Gasteiger partial charge < -0.3 is 18.4 Å². The van der Waals surface area contributed by atoms with E-state index in [1.54, 1.807) is 86.1 Å². The molecule has 0 unspecified atom stereocenters. The number of para-hydroxylation sites is 6. The van der Waals surface area contributed by atoms with Crippen LogP contribution in [0.3, 0.4) is 0 Å². The average molecular weight is 1350 g/mol. The van der Waals surface area contributed by atoms with E-state index in [0.29, 0.717) is 77.9 Å². The quantitative estimate of drug-likeness (QED) is 0.138. The number of carbonyl (C=O) groups is 3. The molecule has 0 fully saturated rings. The number of amides is 3. The normalized spacial score (nSPS) is 13.1. The molecular formula is C78H61N17O7. The second-order valence-electron chi connectivity index (χ2n) is 24.9. The third-order valence-electron chi connectivity index (χ3n) is 18.1. The molecule has 0 saturated carbocycles. The zero-order valence-electron chi connectivity index (χ0n) is 55.0. The van der Waals surface area contributed by atoms with Crippen molar-refractivity contribution in [3.63, 3.8) is 0 Å². The highest BCUT2D eigenvalue weighted by Crippen LogP contribution is 2.33. The third kappa shape index (κ3) is 12.7. The van der Waals surface area contributed by atoms with Gasteiger partial charge in [-0.1, -0.05) is 91.0 Å². The molecule has 0 radical (unpaired) electrons. The van der Waals surface area contributed by atoms with Gasteiger partial charge in [-0.15, -0.1) is 0 Å². The molecule has 24 nitrogen and oxygen atoms in total. The monoisotopic (exact) mass is 1350 g/mol. The second kappa shape index (κ2) is 26.6. The van der Waals surface area contributed by atoms with Crippen molar-refractivity contribution in [1.82, 2.24) is 67.8 Å². The van der Waals surface area contributed by atoms with Crippen LogP contribution in [0.2, 0.25) is 0 Å². The highest BCUT2D eigenvalue weighted by molar-refractivity contribution is 6.06. The number of nitrogens with one attached hydrogen (secondary N) is 3. The molecule has 0 aliphatic carbocycles. The van der Waals surface area contributed by atoms with Gasteiger partial charge in [0.2, 0.25) is 17.8 Å². The van der Waals surface area contributed by atoms with Gasteiger partial charge in [0.15, 0.2) is 0 Å². The summed E-state index contributed by atoms with van der Waals surface area (Å²) in [5.41, 5.74) is 16.1. The Morgan fingerprint density at radius 1 is 0.373 bits per heavy atom. The topological polar surface area (TPSA) is 272 Å². The Hall–Kier alpha value is -13.8. The fourth-order valence-electron chi connectivity index (χ4n) is 12.9. The van der Waals surface area contributed by atoms with E-state index in [9.17, 15) is 28.8 Å². The Balaban J connectivity index is 0.000000118. The van der Waals surface area contributed by atoms with Crippen LogP contribution in [0.1, 0.15) is 64.5 Å². The SMILES string of the molecule is COc1ccc2cc1-c1ccc(=O)n(n1)Cc1cccc(c1)C(=O)Nc1nc3ccccc3n1C2.Cc1ccc2cc1-c1ccc(=O)n(n1)Cc1cccc(c1)C(=O)Nc1nc3ccccc3n1C2.O=C1Nc2nc3ccccc3n2CCn2cc(cn2)-c2ccc(=O)n(n2)Cc2cccc1c2. The van der Waals surface area contributed by atoms with Crippen molar-refractivity contribution in [1.29, 1.82) is 0 Å². The number of fused-ring (bicyclic) bond motifs is 30. The summed E-state index contributed by atoms with van der Waals surface area (Å²) >= 11 is 0. The molecule has 102 heavy (non-hydrogen) atoms. The Kier molecular flexibility index (Phi) is 16.4. The lowest BCUT2D eigenvalue weighted by molar-refractivity contribution is 0.101. The zero-order chi connectivity index (χ0) is 69.5. The van der Waals surface area contributed by atoms with Gasteiger partial charge in [0, 0.05) is 64.3 Å². The first-order valence-corrected chi connectivity index (χ1v) is 32.9. The summed E-state index contributed by atoms with van der Waals surface area (Å²) in [4.78, 5) is 91.0. The highest BCUT2D eigenvalue weighted by Gasteiger charge is 2.22. The number of anilines is 3. The van der Waals surface area contributed by atoms with Gasteiger partial charge in [-0.25, -0.2) is 29.0 Å². The number of rotatable bonds is 1. The minimum atomic E-state index is -0.275. The summed E-state index contributed by atoms with van der Waals surface area (Å²) in [5.74, 6) is 1.29. The number of ether oxygens (including phenoxy) is 1. The van der Waals surface area contributed by atoms with E-state index in [-0.39, 0.29) is 54.0 Å². The predicted octanol–water partition coefficient (Wildman–Crippen LogP) is 10.9. The molecule has 3 aliphatic heterocycles. The summed E-state index contributed by atoms with van der Waals surface area (Å²) in [6.07, 6.45) is 3.64. The number of benzene rings is 8. The van der Waals surface area contributed by atoms with E-state index in [0.717, 1.165) is 88.9 Å². The molecule has 10 heterocycles. The Labute approximate surface area is 580 Å². The molecule has 24 heteroatoms. The standard InChI is InChI=1S/C27H21N5O3.C27H21N5O2.C24H19N7O2/c1-35-24-11-9-18-14-20(24)21-10-12-25(33)32(30-21)16-17-5-4-6-19(13-17)26(34)29-27-28-22-7-2-3-8-23(22)31(27)15-18;1-17-9-10-19-14-21(17)22-11-12-25(33)32(30-22)16-18-5-4-6-20(13-18)26(34)29-27-28-23-7-2-3-8-24(23)31(27)15-19;32-22-9-8-19-18-13-25-29(15-18)10-11-30-21-7-2-1-6-20(21)26-24(30)27-23(33)17-5-3-4-16(12-17)14-31(22)28-19/h2-14H,15-16H2,1H3,(H,28,29,34);2-14H,15-16H2,1H3,(H,28,29,34);1-9,12-13,15H,10-11,14H2,(H,26,27,33). The van der Waals surface area contributed by atoms with Crippen LogP contribution < -0.4 is 37.4 Å². The Morgan fingerprint density at radius 2 is 0.784 bits per heavy atom. The van der Waals surface area contributed by atoms with Gasteiger partial charge in [-0.05, 0) is 149 Å². The number of carbonyl (C=O) groups excluding carboxylic acids is 3. The fraction of sp³-hybridized carbons (Fsp3) is 0.115. The van der Waals surface area contributed by atoms with Gasteiger partial charge in [0.25, 0.3) is 34.4 Å². The number of hydrogen-bond acceptors (Lipinski definition) is 14. The summed E-state index contributed by atoms with van der Waals surface area (Å²) in [5, 5.41) is 27.2. The summed E-state index contributed by atoms with van der Waals surface area (Å²) in [6, 6.07) is 66.8. The van der Waals surface area contributed by atoms with E-state index < -0.39 is 0 Å². The lowest BCUT2D eigenvalue weighted by atomic mass is 10.0. The zero-order valence-corrected chi connectivity index (χ0v) is 55.0. The number of imidazole rings is 3. The molecule has 0 spiro atoms. The molecule has 3 amide bonds. The van der Waals surface area contributed by atoms with Gasteiger partial charge in [-0.2, -0.15) is 20.4 Å². The molecule has 3 N–H and O–H groups in total. The lowest BCUT2D eigenvalue weighted by Crippen LogP contribution is -2.23. The van der Waals surface area contributed by atoms with Crippen molar-refractivity contribution >= 4 is 68.7 Å². The van der Waals surface area contributed by atoms with E-state index in [4.69, 9.17) is 9.72 Å². The van der Waals surface area contributed by atoms with Crippen LogP contribution in [0.5, 0.6) is 5.75 Å². The van der Waals surface area contributed by atoms with Crippen molar-refractivity contribution in [2.24, 2.45) is 0 Å². The minimum absolute atomic E-state index is 0.191. The van der Waals surface area contributed by atoms with E-state index in [1.807, 2.05) is 147 Å². The maximum Gasteiger partial charge on any atom is 0.267 e. The largest absolute Gasteiger partial charge is 0.496 e. The maximum absolute atomic E-state index is 13.2.